The van der Waals surface area contributed by atoms with Crippen molar-refractivity contribution >= 4 is 5.91 Å². The number of aryl methyl sites for hydroxylation is 2. The topological polar surface area (TPSA) is 40.5 Å². The third-order valence-electron chi connectivity index (χ3n) is 7.38. The summed E-state index contributed by atoms with van der Waals surface area (Å²) in [4.78, 5) is 14.2. The Kier molecular flexibility index (Phi) is 3.74. The van der Waals surface area contributed by atoms with Crippen molar-refractivity contribution < 1.29 is 9.90 Å². The van der Waals surface area contributed by atoms with Gasteiger partial charge in [-0.3, -0.25) is 4.79 Å². The number of nitrogens with zero attached hydrogens (tertiary/aromatic N) is 1. The van der Waals surface area contributed by atoms with Crippen LogP contribution in [0, 0.1) is 0 Å². The minimum Gasteiger partial charge on any atom is -0.388 e. The van der Waals surface area contributed by atoms with Gasteiger partial charge < -0.3 is 10.0 Å². The molecular formula is C24H27NO2. The third kappa shape index (κ3) is 2.48. The van der Waals surface area contributed by atoms with Crippen molar-refractivity contribution in [3.63, 3.8) is 0 Å². The standard InChI is InChI=1S/C24H27NO2/c1-24-12-11-23(27)25(2)22(24)10-6-18-14-16(4-8-20(18)24)15-3-7-19-17(13-15)5-9-21(19)26/h3-4,7-8,13-14,21-22,26H,5-6,9-12H2,1-2H3/t21?,22-,24-/m1/s1. The average Bonchev–Trinajstić information content (AvgIpc) is 3.05. The fourth-order valence-corrected chi connectivity index (χ4v) is 5.74. The Morgan fingerprint density at radius 2 is 1.70 bits per heavy atom. The van der Waals surface area contributed by atoms with Gasteiger partial charge in [0.25, 0.3) is 0 Å². The number of fused-ring (bicyclic) bond motifs is 4. The number of carbonyl (C=O) groups is 1. The molecule has 3 aliphatic rings. The smallest absolute Gasteiger partial charge is 0.222 e. The predicted molar refractivity (Wildman–Crippen MR) is 107 cm³/mol. The summed E-state index contributed by atoms with van der Waals surface area (Å²) in [6.07, 6.45) is 5.20. The summed E-state index contributed by atoms with van der Waals surface area (Å²) in [5.74, 6) is 0.290. The zero-order valence-electron chi connectivity index (χ0n) is 16.2. The zero-order valence-corrected chi connectivity index (χ0v) is 16.2. The Morgan fingerprint density at radius 1 is 1.00 bits per heavy atom. The van der Waals surface area contributed by atoms with Gasteiger partial charge >= 0.3 is 0 Å². The highest BCUT2D eigenvalue weighted by atomic mass is 16.3. The fraction of sp³-hybridized carbons (Fsp3) is 0.458. The van der Waals surface area contributed by atoms with E-state index in [4.69, 9.17) is 0 Å². The number of rotatable bonds is 1. The van der Waals surface area contributed by atoms with Crippen molar-refractivity contribution in [2.75, 3.05) is 7.05 Å². The van der Waals surface area contributed by atoms with Gasteiger partial charge in [0.05, 0.1) is 6.10 Å². The molecule has 3 nitrogen and oxygen atoms in total. The Labute approximate surface area is 161 Å². The van der Waals surface area contributed by atoms with E-state index >= 15 is 0 Å². The second-order valence-electron chi connectivity index (χ2n) is 8.82. The van der Waals surface area contributed by atoms with Crippen molar-refractivity contribution in [1.29, 1.82) is 0 Å². The molecule has 1 N–H and O–H groups in total. The van der Waals surface area contributed by atoms with Crippen LogP contribution in [0.25, 0.3) is 11.1 Å². The molecule has 3 heteroatoms. The normalized spacial score (nSPS) is 29.3. The second kappa shape index (κ2) is 5.93. The molecule has 1 unspecified atom stereocenters. The lowest BCUT2D eigenvalue weighted by Crippen LogP contribution is -2.56. The van der Waals surface area contributed by atoms with E-state index in [-0.39, 0.29) is 17.4 Å². The SMILES string of the molecule is CN1C(=O)CC[C@]2(C)c3ccc(-c4ccc5c(c4)CCC5O)cc3CC[C@@H]12. The van der Waals surface area contributed by atoms with Gasteiger partial charge in [-0.25, -0.2) is 0 Å². The van der Waals surface area contributed by atoms with Gasteiger partial charge in [-0.2, -0.15) is 0 Å². The maximum absolute atomic E-state index is 12.2. The van der Waals surface area contributed by atoms with Crippen LogP contribution in [-0.2, 0) is 23.1 Å². The molecule has 3 atom stereocenters. The molecular weight excluding hydrogens is 334 g/mol. The van der Waals surface area contributed by atoms with Crippen LogP contribution in [-0.4, -0.2) is 29.0 Å². The van der Waals surface area contributed by atoms with Crippen molar-refractivity contribution in [2.45, 2.75) is 63.0 Å². The van der Waals surface area contributed by atoms with E-state index in [1.807, 2.05) is 11.9 Å². The molecule has 0 spiro atoms. The van der Waals surface area contributed by atoms with Crippen molar-refractivity contribution in [2.24, 2.45) is 0 Å². The summed E-state index contributed by atoms with van der Waals surface area (Å²) in [7, 11) is 1.97. The maximum atomic E-state index is 12.2. The third-order valence-corrected chi connectivity index (χ3v) is 7.38. The first kappa shape index (κ1) is 17.0. The molecule has 2 aliphatic carbocycles. The Bertz CT molecular complexity index is 934. The quantitative estimate of drug-likeness (QED) is 0.829. The van der Waals surface area contributed by atoms with Crippen LogP contribution in [0.3, 0.4) is 0 Å². The van der Waals surface area contributed by atoms with Crippen molar-refractivity contribution in [3.05, 3.63) is 58.7 Å². The van der Waals surface area contributed by atoms with Crippen molar-refractivity contribution in [3.8, 4) is 11.1 Å². The van der Waals surface area contributed by atoms with E-state index in [1.54, 1.807) is 0 Å². The van der Waals surface area contributed by atoms with E-state index in [0.29, 0.717) is 12.5 Å². The van der Waals surface area contributed by atoms with E-state index in [9.17, 15) is 9.90 Å². The van der Waals surface area contributed by atoms with Gasteiger partial charge in [0.15, 0.2) is 0 Å². The number of aliphatic hydroxyl groups is 1. The molecule has 1 amide bonds. The average molecular weight is 361 g/mol. The van der Waals surface area contributed by atoms with Crippen LogP contribution in [0.1, 0.15) is 61.0 Å². The highest BCUT2D eigenvalue weighted by Crippen LogP contribution is 2.46. The molecule has 2 aromatic rings. The Balaban J connectivity index is 1.53. The highest BCUT2D eigenvalue weighted by Gasteiger charge is 2.46. The Morgan fingerprint density at radius 3 is 2.52 bits per heavy atom. The molecule has 5 rings (SSSR count). The number of aliphatic hydroxyl groups excluding tert-OH is 1. The molecule has 0 bridgehead atoms. The van der Waals surface area contributed by atoms with E-state index in [2.05, 4.69) is 43.3 Å². The predicted octanol–water partition coefficient (Wildman–Crippen LogP) is 4.16. The molecule has 0 radical (unpaired) electrons. The van der Waals surface area contributed by atoms with Crippen LogP contribution in [0.2, 0.25) is 0 Å². The number of hydrogen-bond donors (Lipinski definition) is 1. The summed E-state index contributed by atoms with van der Waals surface area (Å²) < 4.78 is 0. The number of piperidine rings is 1. The zero-order chi connectivity index (χ0) is 18.8. The molecule has 27 heavy (non-hydrogen) atoms. The van der Waals surface area contributed by atoms with Gasteiger partial charge in [0.1, 0.15) is 0 Å². The summed E-state index contributed by atoms with van der Waals surface area (Å²) in [6, 6.07) is 13.7. The largest absolute Gasteiger partial charge is 0.388 e. The van der Waals surface area contributed by atoms with Gasteiger partial charge in [-0.1, -0.05) is 43.3 Å². The summed E-state index contributed by atoms with van der Waals surface area (Å²) in [5.41, 5.74) is 7.83. The van der Waals surface area contributed by atoms with Gasteiger partial charge in [0, 0.05) is 24.9 Å². The number of carbonyl (C=O) groups excluding carboxylic acids is 1. The number of benzene rings is 2. The second-order valence-corrected chi connectivity index (χ2v) is 8.82. The van der Waals surface area contributed by atoms with E-state index in [1.165, 1.54) is 27.8 Å². The molecule has 140 valence electrons. The molecule has 1 fully saturated rings. The molecule has 0 aromatic heterocycles. The summed E-state index contributed by atoms with van der Waals surface area (Å²) >= 11 is 0. The number of amides is 1. The monoisotopic (exact) mass is 361 g/mol. The summed E-state index contributed by atoms with van der Waals surface area (Å²) in [5, 5.41) is 10.1. The lowest BCUT2D eigenvalue weighted by molar-refractivity contribution is -0.138. The Hall–Kier alpha value is -2.13. The molecule has 0 saturated carbocycles. The molecule has 2 aromatic carbocycles. The highest BCUT2D eigenvalue weighted by molar-refractivity contribution is 5.78. The van der Waals surface area contributed by atoms with Crippen LogP contribution in [0.15, 0.2) is 36.4 Å². The van der Waals surface area contributed by atoms with Gasteiger partial charge in [-0.15, -0.1) is 0 Å². The minimum atomic E-state index is -0.291. The molecule has 1 aliphatic heterocycles. The first-order valence-electron chi connectivity index (χ1n) is 10.2. The lowest BCUT2D eigenvalue weighted by atomic mass is 9.63. The van der Waals surface area contributed by atoms with E-state index < -0.39 is 0 Å². The fourth-order valence-electron chi connectivity index (χ4n) is 5.74. The first-order valence-corrected chi connectivity index (χ1v) is 10.2. The van der Waals surface area contributed by atoms with Crippen molar-refractivity contribution in [1.82, 2.24) is 4.90 Å². The van der Waals surface area contributed by atoms with E-state index in [0.717, 1.165) is 37.7 Å². The molecule has 1 heterocycles. The van der Waals surface area contributed by atoms with Crippen LogP contribution < -0.4 is 0 Å². The molecule has 1 saturated heterocycles. The first-order chi connectivity index (χ1) is 13.0. The van der Waals surface area contributed by atoms with Gasteiger partial charge in [-0.05, 0) is 65.5 Å². The van der Waals surface area contributed by atoms with Gasteiger partial charge in [0.2, 0.25) is 5.91 Å². The number of likely N-dealkylation sites (tertiary alicyclic amines) is 1. The lowest BCUT2D eigenvalue weighted by Gasteiger charge is -2.50. The maximum Gasteiger partial charge on any atom is 0.222 e. The van der Waals surface area contributed by atoms with Crippen LogP contribution >= 0.6 is 0 Å². The summed E-state index contributed by atoms with van der Waals surface area (Å²) in [6.45, 7) is 2.34. The number of likely N-dealkylation sites (N-methyl/N-ethyl adjacent to an activating group) is 1. The minimum absolute atomic E-state index is 0.0663. The number of hydrogen-bond acceptors (Lipinski definition) is 2. The van der Waals surface area contributed by atoms with Crippen LogP contribution in [0.5, 0.6) is 0 Å². The van der Waals surface area contributed by atoms with Crippen LogP contribution in [0.4, 0.5) is 0 Å².